The minimum atomic E-state index is -0.0506. The number of nitrogens with zero attached hydrogens (tertiary/aromatic N) is 5. The van der Waals surface area contributed by atoms with Crippen LogP contribution in [0.25, 0.3) is 0 Å². The molecule has 0 aromatic carbocycles. The number of likely N-dealkylation sites (tertiary alicyclic amines) is 1. The average molecular weight is 357 g/mol. The highest BCUT2D eigenvalue weighted by Gasteiger charge is 2.29. The Morgan fingerprint density at radius 2 is 2.08 bits per heavy atom. The maximum absolute atomic E-state index is 12.1. The molecular formula is C19H27N5O2. The molecule has 26 heavy (non-hydrogen) atoms. The molecule has 0 N–H and O–H groups in total. The second kappa shape index (κ2) is 6.63. The van der Waals surface area contributed by atoms with Gasteiger partial charge < -0.3 is 9.30 Å². The van der Waals surface area contributed by atoms with Crippen molar-refractivity contribution in [1.82, 2.24) is 24.2 Å². The number of imidazole rings is 1. The highest BCUT2D eigenvalue weighted by Crippen LogP contribution is 2.22. The molecule has 4 heterocycles. The monoisotopic (exact) mass is 357 g/mol. The van der Waals surface area contributed by atoms with Crippen LogP contribution in [-0.4, -0.2) is 43.9 Å². The molecule has 2 aliphatic heterocycles. The van der Waals surface area contributed by atoms with Gasteiger partial charge in [0.15, 0.2) is 0 Å². The summed E-state index contributed by atoms with van der Waals surface area (Å²) in [5.41, 5.74) is 2.00. The van der Waals surface area contributed by atoms with E-state index in [1.165, 1.54) is 0 Å². The molecule has 0 spiro atoms. The molecule has 0 radical (unpaired) electrons. The highest BCUT2D eigenvalue weighted by molar-refractivity contribution is 5.11. The summed E-state index contributed by atoms with van der Waals surface area (Å²) in [6, 6.07) is 3.48. The Balaban J connectivity index is 1.34. The minimum absolute atomic E-state index is 0.0155. The first kappa shape index (κ1) is 17.4. The van der Waals surface area contributed by atoms with Crippen molar-refractivity contribution in [3.8, 4) is 0 Å². The van der Waals surface area contributed by atoms with Crippen LogP contribution in [0.1, 0.15) is 38.0 Å². The van der Waals surface area contributed by atoms with Gasteiger partial charge in [-0.25, -0.2) is 9.67 Å². The summed E-state index contributed by atoms with van der Waals surface area (Å²) < 4.78 is 9.27. The lowest BCUT2D eigenvalue weighted by atomic mass is 9.92. The number of rotatable bonds is 4. The van der Waals surface area contributed by atoms with E-state index < -0.39 is 0 Å². The van der Waals surface area contributed by atoms with Crippen molar-refractivity contribution < 1.29 is 4.74 Å². The Morgan fingerprint density at radius 1 is 1.27 bits per heavy atom. The molecule has 7 heteroatoms. The fourth-order valence-electron chi connectivity index (χ4n) is 3.60. The molecule has 1 saturated heterocycles. The third-order valence-corrected chi connectivity index (χ3v) is 5.10. The van der Waals surface area contributed by atoms with E-state index in [-0.39, 0.29) is 11.0 Å². The van der Waals surface area contributed by atoms with Gasteiger partial charge in [-0.05, 0) is 6.07 Å². The second-order valence-corrected chi connectivity index (χ2v) is 8.44. The molecule has 0 aliphatic carbocycles. The van der Waals surface area contributed by atoms with E-state index in [9.17, 15) is 4.79 Å². The molecule has 4 rings (SSSR count). The average Bonchev–Trinajstić information content (AvgIpc) is 2.96. The lowest BCUT2D eigenvalue weighted by Crippen LogP contribution is -2.49. The summed E-state index contributed by atoms with van der Waals surface area (Å²) in [5.74, 6) is 1.49. The number of aromatic nitrogens is 4. The molecule has 2 aromatic rings. The van der Waals surface area contributed by atoms with Crippen LogP contribution in [-0.2, 0) is 36.4 Å². The van der Waals surface area contributed by atoms with Crippen molar-refractivity contribution in [2.75, 3.05) is 19.7 Å². The van der Waals surface area contributed by atoms with Gasteiger partial charge in [-0.1, -0.05) is 20.8 Å². The van der Waals surface area contributed by atoms with Crippen LogP contribution >= 0.6 is 0 Å². The molecule has 0 amide bonds. The SMILES string of the molecule is CC(C)(C)c1ccc(=O)n(CC2CN(Cc3cn4c(n3)COCC4)C2)n1. The summed E-state index contributed by atoms with van der Waals surface area (Å²) in [6.07, 6.45) is 2.14. The molecule has 0 unspecified atom stereocenters. The van der Waals surface area contributed by atoms with Crippen molar-refractivity contribution in [3.05, 3.63) is 45.9 Å². The van der Waals surface area contributed by atoms with Crippen LogP contribution < -0.4 is 5.56 Å². The van der Waals surface area contributed by atoms with Crippen molar-refractivity contribution in [2.45, 2.75) is 52.4 Å². The van der Waals surface area contributed by atoms with E-state index in [1.807, 2.05) is 6.07 Å². The molecule has 0 bridgehead atoms. The molecule has 140 valence electrons. The van der Waals surface area contributed by atoms with Gasteiger partial charge in [0.25, 0.3) is 5.56 Å². The van der Waals surface area contributed by atoms with Gasteiger partial charge in [0.2, 0.25) is 0 Å². The lowest BCUT2D eigenvalue weighted by Gasteiger charge is -2.38. The number of fused-ring (bicyclic) bond motifs is 1. The highest BCUT2D eigenvalue weighted by atomic mass is 16.5. The number of hydrogen-bond donors (Lipinski definition) is 0. The summed E-state index contributed by atoms with van der Waals surface area (Å²) in [4.78, 5) is 19.2. The summed E-state index contributed by atoms with van der Waals surface area (Å²) in [7, 11) is 0. The van der Waals surface area contributed by atoms with Gasteiger partial charge in [-0.15, -0.1) is 0 Å². The maximum atomic E-state index is 12.1. The zero-order chi connectivity index (χ0) is 18.3. The maximum Gasteiger partial charge on any atom is 0.266 e. The quantitative estimate of drug-likeness (QED) is 0.828. The van der Waals surface area contributed by atoms with Gasteiger partial charge in [-0.2, -0.15) is 5.10 Å². The first-order valence-electron chi connectivity index (χ1n) is 9.32. The zero-order valence-corrected chi connectivity index (χ0v) is 15.8. The van der Waals surface area contributed by atoms with Crippen molar-refractivity contribution in [3.63, 3.8) is 0 Å². The normalized spacial score (nSPS) is 18.6. The van der Waals surface area contributed by atoms with Crippen LogP contribution in [0.4, 0.5) is 0 Å². The van der Waals surface area contributed by atoms with E-state index in [2.05, 4.69) is 46.5 Å². The zero-order valence-electron chi connectivity index (χ0n) is 15.8. The molecular weight excluding hydrogens is 330 g/mol. The fourth-order valence-corrected chi connectivity index (χ4v) is 3.60. The van der Waals surface area contributed by atoms with Crippen LogP contribution in [0.2, 0.25) is 0 Å². The third kappa shape index (κ3) is 3.59. The van der Waals surface area contributed by atoms with Gasteiger partial charge in [0.1, 0.15) is 12.4 Å². The summed E-state index contributed by atoms with van der Waals surface area (Å²) in [5, 5.41) is 4.57. The Bertz CT molecular complexity index is 819. The Hall–Kier alpha value is -1.99. The smallest absolute Gasteiger partial charge is 0.266 e. The third-order valence-electron chi connectivity index (χ3n) is 5.10. The van der Waals surface area contributed by atoms with Crippen molar-refractivity contribution >= 4 is 0 Å². The molecule has 2 aliphatic rings. The first-order valence-corrected chi connectivity index (χ1v) is 9.32. The van der Waals surface area contributed by atoms with E-state index in [0.29, 0.717) is 19.1 Å². The van der Waals surface area contributed by atoms with Crippen LogP contribution in [0.5, 0.6) is 0 Å². The standard InChI is InChI=1S/C19H27N5O2/c1-19(2,3)16-4-5-18(25)24(21-16)10-14-8-22(9-14)11-15-12-23-6-7-26-13-17(23)20-15/h4-5,12,14H,6-11,13H2,1-3H3. The summed E-state index contributed by atoms with van der Waals surface area (Å²) >= 11 is 0. The second-order valence-electron chi connectivity index (χ2n) is 8.44. The predicted molar refractivity (Wildman–Crippen MR) is 97.8 cm³/mol. The van der Waals surface area contributed by atoms with E-state index in [0.717, 1.165) is 50.0 Å². The molecule has 0 saturated carbocycles. The van der Waals surface area contributed by atoms with Gasteiger partial charge in [-0.3, -0.25) is 9.69 Å². The van der Waals surface area contributed by atoms with E-state index >= 15 is 0 Å². The minimum Gasteiger partial charge on any atom is -0.372 e. The molecule has 1 fully saturated rings. The topological polar surface area (TPSA) is 65.2 Å². The van der Waals surface area contributed by atoms with Crippen LogP contribution in [0.15, 0.2) is 23.1 Å². The summed E-state index contributed by atoms with van der Waals surface area (Å²) in [6.45, 7) is 12.1. The van der Waals surface area contributed by atoms with Crippen molar-refractivity contribution in [1.29, 1.82) is 0 Å². The predicted octanol–water partition coefficient (Wildman–Crippen LogP) is 1.40. The van der Waals surface area contributed by atoms with E-state index in [1.54, 1.807) is 10.7 Å². The Kier molecular flexibility index (Phi) is 4.44. The Labute approximate surface area is 153 Å². The van der Waals surface area contributed by atoms with E-state index in [4.69, 9.17) is 4.74 Å². The molecule has 7 nitrogen and oxygen atoms in total. The fraction of sp³-hybridized carbons (Fsp3) is 0.632. The van der Waals surface area contributed by atoms with Gasteiger partial charge in [0.05, 0.1) is 24.5 Å². The Morgan fingerprint density at radius 3 is 2.81 bits per heavy atom. The largest absolute Gasteiger partial charge is 0.372 e. The molecule has 2 aromatic heterocycles. The van der Waals surface area contributed by atoms with Crippen molar-refractivity contribution in [2.24, 2.45) is 5.92 Å². The lowest BCUT2D eigenvalue weighted by molar-refractivity contribution is 0.0748. The number of ether oxygens (including phenoxy) is 1. The molecule has 0 atom stereocenters. The number of hydrogen-bond acceptors (Lipinski definition) is 5. The van der Waals surface area contributed by atoms with Gasteiger partial charge >= 0.3 is 0 Å². The van der Waals surface area contributed by atoms with Gasteiger partial charge in [0, 0.05) is 49.8 Å². The van der Waals surface area contributed by atoms with Crippen LogP contribution in [0.3, 0.4) is 0 Å². The van der Waals surface area contributed by atoms with Crippen LogP contribution in [0, 0.1) is 5.92 Å². The first-order chi connectivity index (χ1) is 12.4.